The molecule has 0 spiro atoms. The van der Waals surface area contributed by atoms with Crippen molar-refractivity contribution in [3.63, 3.8) is 0 Å². The average molecular weight is 457 g/mol. The van der Waals surface area contributed by atoms with Crippen LogP contribution in [-0.4, -0.2) is 34.5 Å². The van der Waals surface area contributed by atoms with Crippen molar-refractivity contribution in [3.05, 3.63) is 73.9 Å². The third-order valence-electron chi connectivity index (χ3n) is 4.56. The number of nitrogens with zero attached hydrogens (tertiary/aromatic N) is 4. The average Bonchev–Trinajstić information content (AvgIpc) is 2.78. The fourth-order valence-electron chi connectivity index (χ4n) is 3.04. The van der Waals surface area contributed by atoms with Crippen LogP contribution in [0.2, 0.25) is 0 Å². The molecule has 3 aromatic rings. The molecular formula is C21H17F2N5O5. The van der Waals surface area contributed by atoms with E-state index >= 15 is 0 Å². The minimum absolute atomic E-state index is 0.00933. The molecule has 0 fully saturated rings. The number of hydrogen-bond donors (Lipinski definition) is 1. The SMILES string of the molecule is COc1c(C#N)ccc(Cn2c(=O)c(OC)nn(-c3ccc(F)c(NC(C)=O)c3)c2=O)c1F. The molecular weight excluding hydrogens is 440 g/mol. The van der Waals surface area contributed by atoms with Crippen LogP contribution in [0, 0.1) is 23.0 Å². The van der Waals surface area contributed by atoms with E-state index in [4.69, 9.17) is 14.7 Å². The van der Waals surface area contributed by atoms with Gasteiger partial charge in [0.15, 0.2) is 11.6 Å². The number of anilines is 1. The Labute approximate surface area is 185 Å². The van der Waals surface area contributed by atoms with E-state index in [0.29, 0.717) is 4.57 Å². The first-order chi connectivity index (χ1) is 15.7. The summed E-state index contributed by atoms with van der Waals surface area (Å²) < 4.78 is 40.2. The first-order valence-electron chi connectivity index (χ1n) is 9.33. The van der Waals surface area contributed by atoms with Crippen LogP contribution in [0.25, 0.3) is 5.69 Å². The topological polar surface area (TPSA) is 128 Å². The van der Waals surface area contributed by atoms with Gasteiger partial charge in [-0.25, -0.2) is 18.1 Å². The second-order valence-electron chi connectivity index (χ2n) is 6.67. The zero-order valence-corrected chi connectivity index (χ0v) is 17.7. The molecule has 2 aromatic carbocycles. The van der Waals surface area contributed by atoms with Gasteiger partial charge in [-0.1, -0.05) is 6.07 Å². The van der Waals surface area contributed by atoms with E-state index in [1.54, 1.807) is 6.07 Å². The van der Waals surface area contributed by atoms with Crippen molar-refractivity contribution in [2.75, 3.05) is 19.5 Å². The van der Waals surface area contributed by atoms with Gasteiger partial charge in [0, 0.05) is 12.5 Å². The highest BCUT2D eigenvalue weighted by molar-refractivity contribution is 5.89. The number of aromatic nitrogens is 3. The molecule has 1 N–H and O–H groups in total. The number of rotatable bonds is 6. The number of amides is 1. The van der Waals surface area contributed by atoms with Crippen LogP contribution in [-0.2, 0) is 11.3 Å². The molecule has 170 valence electrons. The van der Waals surface area contributed by atoms with E-state index < -0.39 is 41.2 Å². The Kier molecular flexibility index (Phi) is 6.53. The monoisotopic (exact) mass is 457 g/mol. The number of carbonyl (C=O) groups excluding carboxylic acids is 1. The number of benzene rings is 2. The minimum Gasteiger partial charge on any atom is -0.492 e. The molecule has 0 radical (unpaired) electrons. The van der Waals surface area contributed by atoms with Crippen LogP contribution in [0.5, 0.6) is 11.6 Å². The van der Waals surface area contributed by atoms with E-state index in [0.717, 1.165) is 23.9 Å². The van der Waals surface area contributed by atoms with Gasteiger partial charge in [-0.15, -0.1) is 5.10 Å². The first kappa shape index (κ1) is 23.1. The lowest BCUT2D eigenvalue weighted by atomic mass is 10.1. The lowest BCUT2D eigenvalue weighted by Gasteiger charge is -2.14. The highest BCUT2D eigenvalue weighted by Crippen LogP contribution is 2.25. The van der Waals surface area contributed by atoms with Crippen molar-refractivity contribution in [2.24, 2.45) is 0 Å². The Morgan fingerprint density at radius 2 is 1.91 bits per heavy atom. The van der Waals surface area contributed by atoms with Gasteiger partial charge in [0.25, 0.3) is 5.88 Å². The quantitative estimate of drug-likeness (QED) is 0.595. The summed E-state index contributed by atoms with van der Waals surface area (Å²) in [6.07, 6.45) is 0. The van der Waals surface area contributed by atoms with Crippen LogP contribution in [0.1, 0.15) is 18.1 Å². The van der Waals surface area contributed by atoms with Crippen molar-refractivity contribution < 1.29 is 23.0 Å². The molecule has 0 bridgehead atoms. The second-order valence-corrected chi connectivity index (χ2v) is 6.67. The van der Waals surface area contributed by atoms with Crippen molar-refractivity contribution in [1.82, 2.24) is 14.3 Å². The Morgan fingerprint density at radius 1 is 1.18 bits per heavy atom. The third-order valence-corrected chi connectivity index (χ3v) is 4.56. The van der Waals surface area contributed by atoms with Crippen LogP contribution in [0.3, 0.4) is 0 Å². The minimum atomic E-state index is -0.982. The highest BCUT2D eigenvalue weighted by Gasteiger charge is 2.20. The molecule has 0 unspecified atom stereocenters. The smallest absolute Gasteiger partial charge is 0.352 e. The molecule has 0 aliphatic rings. The van der Waals surface area contributed by atoms with E-state index in [1.807, 2.05) is 0 Å². The van der Waals surface area contributed by atoms with Gasteiger partial charge < -0.3 is 14.8 Å². The molecule has 1 amide bonds. The van der Waals surface area contributed by atoms with Gasteiger partial charge in [0.2, 0.25) is 5.91 Å². The number of nitrogens with one attached hydrogen (secondary N) is 1. The normalized spacial score (nSPS) is 10.4. The van der Waals surface area contributed by atoms with Crippen molar-refractivity contribution in [1.29, 1.82) is 5.26 Å². The summed E-state index contributed by atoms with van der Waals surface area (Å²) in [5.74, 6) is -3.03. The van der Waals surface area contributed by atoms with E-state index in [-0.39, 0.29) is 28.3 Å². The van der Waals surface area contributed by atoms with E-state index in [2.05, 4.69) is 10.4 Å². The Balaban J connectivity index is 2.20. The van der Waals surface area contributed by atoms with Gasteiger partial charge >= 0.3 is 11.2 Å². The molecule has 12 heteroatoms. The highest BCUT2D eigenvalue weighted by atomic mass is 19.1. The lowest BCUT2D eigenvalue weighted by Crippen LogP contribution is -2.41. The molecule has 0 aliphatic carbocycles. The maximum atomic E-state index is 14.9. The number of hydrogen-bond acceptors (Lipinski definition) is 7. The van der Waals surface area contributed by atoms with Gasteiger partial charge in [-0.3, -0.25) is 9.59 Å². The van der Waals surface area contributed by atoms with Crippen LogP contribution >= 0.6 is 0 Å². The number of nitriles is 1. The third kappa shape index (κ3) is 4.42. The van der Waals surface area contributed by atoms with Crippen molar-refractivity contribution >= 4 is 11.6 Å². The summed E-state index contributed by atoms with van der Waals surface area (Å²) in [7, 11) is 2.33. The fourth-order valence-corrected chi connectivity index (χ4v) is 3.04. The second kappa shape index (κ2) is 9.31. The summed E-state index contributed by atoms with van der Waals surface area (Å²) in [4.78, 5) is 37.1. The maximum Gasteiger partial charge on any atom is 0.352 e. The van der Waals surface area contributed by atoms with Crippen LogP contribution in [0.15, 0.2) is 39.9 Å². The molecule has 0 atom stereocenters. The summed E-state index contributed by atoms with van der Waals surface area (Å²) in [5, 5.41) is 15.2. The summed E-state index contributed by atoms with van der Waals surface area (Å²) in [6.45, 7) is 0.643. The van der Waals surface area contributed by atoms with Crippen molar-refractivity contribution in [2.45, 2.75) is 13.5 Å². The predicted octanol–water partition coefficient (Wildman–Crippen LogP) is 1.57. The Hall–Kier alpha value is -4.53. The number of halogens is 2. The number of ether oxygens (including phenoxy) is 2. The fraction of sp³-hybridized carbons (Fsp3) is 0.190. The van der Waals surface area contributed by atoms with Crippen molar-refractivity contribution in [3.8, 4) is 23.4 Å². The summed E-state index contributed by atoms with van der Waals surface area (Å²) in [5.41, 5.74) is -2.30. The van der Waals surface area contributed by atoms with Crippen LogP contribution in [0.4, 0.5) is 14.5 Å². The summed E-state index contributed by atoms with van der Waals surface area (Å²) in [6, 6.07) is 7.66. The molecule has 0 saturated carbocycles. The molecule has 10 nitrogen and oxygen atoms in total. The van der Waals surface area contributed by atoms with Gasteiger partial charge in [-0.05, 0) is 24.3 Å². The predicted molar refractivity (Wildman–Crippen MR) is 112 cm³/mol. The zero-order valence-electron chi connectivity index (χ0n) is 17.7. The Morgan fingerprint density at radius 3 is 2.52 bits per heavy atom. The maximum absolute atomic E-state index is 14.9. The zero-order chi connectivity index (χ0) is 24.3. The molecule has 0 saturated heterocycles. The standard InChI is InChI=1S/C21H17F2N5O5/c1-11(29)25-16-8-14(6-7-15(16)22)28-21(31)27(20(30)19(26-28)33-3)10-13-5-4-12(9-24)18(32-2)17(13)23/h4-8H,10H2,1-3H3,(H,25,29). The first-order valence-corrected chi connectivity index (χ1v) is 9.33. The lowest BCUT2D eigenvalue weighted by molar-refractivity contribution is -0.114. The molecule has 1 aromatic heterocycles. The number of methoxy groups -OCH3 is 2. The van der Waals surface area contributed by atoms with Crippen LogP contribution < -0.4 is 26.0 Å². The van der Waals surface area contributed by atoms with Gasteiger partial charge in [0.1, 0.15) is 11.9 Å². The van der Waals surface area contributed by atoms with E-state index in [9.17, 15) is 23.2 Å². The molecule has 33 heavy (non-hydrogen) atoms. The molecule has 1 heterocycles. The number of carbonyl (C=O) groups is 1. The summed E-state index contributed by atoms with van der Waals surface area (Å²) >= 11 is 0. The molecule has 3 rings (SSSR count). The van der Waals surface area contributed by atoms with Gasteiger partial charge in [0.05, 0.1) is 37.7 Å². The van der Waals surface area contributed by atoms with E-state index in [1.165, 1.54) is 32.2 Å². The largest absolute Gasteiger partial charge is 0.492 e. The molecule has 0 aliphatic heterocycles. The van der Waals surface area contributed by atoms with Gasteiger partial charge in [-0.2, -0.15) is 9.94 Å². The Bertz CT molecular complexity index is 1410.